The molecule has 0 radical (unpaired) electrons. The minimum absolute atomic E-state index is 0.0525. The molecular weight excluding hydrogens is 392 g/mol. The lowest BCUT2D eigenvalue weighted by molar-refractivity contribution is -0.137. The molecule has 1 fully saturated rings. The number of halogens is 4. The van der Waals surface area contributed by atoms with Gasteiger partial charge in [-0.15, -0.1) is 0 Å². The van der Waals surface area contributed by atoms with Crippen LogP contribution in [0, 0.1) is 11.2 Å². The molecular formula is C19H26F4N4O2. The van der Waals surface area contributed by atoms with Crippen LogP contribution < -0.4 is 16.0 Å². The summed E-state index contributed by atoms with van der Waals surface area (Å²) in [6, 6.07) is 0.491. The Bertz CT molecular complexity index is 774. The predicted molar refractivity (Wildman–Crippen MR) is 98.9 cm³/mol. The fourth-order valence-electron chi connectivity index (χ4n) is 3.08. The van der Waals surface area contributed by atoms with Crippen molar-refractivity contribution in [1.29, 1.82) is 0 Å². The molecule has 0 saturated carbocycles. The number of hydrogen-bond donors (Lipinski definition) is 3. The SMILES string of the molecule is CN(C)C1NC(=O)CC(C(=O)N[C@@H](c2ccc(C(F)(F)F)cc2F)C(C)(C)C)N1. The second-order valence-electron chi connectivity index (χ2n) is 8.40. The molecule has 10 heteroatoms. The fraction of sp³-hybridized carbons (Fsp3) is 0.579. The van der Waals surface area contributed by atoms with Crippen LogP contribution in [0.2, 0.25) is 0 Å². The summed E-state index contributed by atoms with van der Waals surface area (Å²) in [6.07, 6.45) is -5.33. The van der Waals surface area contributed by atoms with Crippen LogP contribution in [0.15, 0.2) is 18.2 Å². The van der Waals surface area contributed by atoms with Gasteiger partial charge in [0.1, 0.15) is 12.1 Å². The Balaban J connectivity index is 2.28. The van der Waals surface area contributed by atoms with E-state index in [0.29, 0.717) is 6.07 Å². The monoisotopic (exact) mass is 418 g/mol. The summed E-state index contributed by atoms with van der Waals surface area (Å²) in [5, 5.41) is 8.35. The maximum Gasteiger partial charge on any atom is 0.416 e. The van der Waals surface area contributed by atoms with E-state index in [4.69, 9.17) is 0 Å². The first-order chi connectivity index (χ1) is 13.2. The van der Waals surface area contributed by atoms with Gasteiger partial charge in [-0.1, -0.05) is 26.8 Å². The van der Waals surface area contributed by atoms with E-state index in [1.165, 1.54) is 0 Å². The quantitative estimate of drug-likeness (QED) is 0.657. The summed E-state index contributed by atoms with van der Waals surface area (Å²) >= 11 is 0. The van der Waals surface area contributed by atoms with Crippen LogP contribution in [0.5, 0.6) is 0 Å². The second-order valence-corrected chi connectivity index (χ2v) is 8.40. The van der Waals surface area contributed by atoms with Gasteiger partial charge in [-0.25, -0.2) is 4.39 Å². The van der Waals surface area contributed by atoms with Gasteiger partial charge in [0.2, 0.25) is 11.8 Å². The molecule has 3 atom stereocenters. The lowest BCUT2D eigenvalue weighted by Gasteiger charge is -2.37. The molecule has 2 rings (SSSR count). The van der Waals surface area contributed by atoms with Crippen molar-refractivity contribution >= 4 is 11.8 Å². The highest BCUT2D eigenvalue weighted by atomic mass is 19.4. The van der Waals surface area contributed by atoms with Crippen molar-refractivity contribution in [2.24, 2.45) is 5.41 Å². The zero-order chi connectivity index (χ0) is 22.1. The van der Waals surface area contributed by atoms with Crippen LogP contribution in [0.25, 0.3) is 0 Å². The third kappa shape index (κ3) is 5.66. The average molecular weight is 418 g/mol. The summed E-state index contributed by atoms with van der Waals surface area (Å²) < 4.78 is 53.1. The molecule has 1 saturated heterocycles. The number of nitrogens with one attached hydrogen (secondary N) is 3. The van der Waals surface area contributed by atoms with Crippen LogP contribution in [-0.4, -0.2) is 43.1 Å². The van der Waals surface area contributed by atoms with E-state index in [0.717, 1.165) is 12.1 Å². The Hall–Kier alpha value is -2.20. The second kappa shape index (κ2) is 8.27. The van der Waals surface area contributed by atoms with Gasteiger partial charge in [-0.2, -0.15) is 13.2 Å². The highest BCUT2D eigenvalue weighted by Crippen LogP contribution is 2.37. The van der Waals surface area contributed by atoms with Gasteiger partial charge in [0.25, 0.3) is 0 Å². The standard InChI is InChI=1S/C19H26F4N4O2/c1-18(2,3)15(11-7-6-10(8-12(11)20)19(21,22)23)26-16(29)13-9-14(28)25-17(24-13)27(4)5/h6-8,13,15,17,24H,9H2,1-5H3,(H,25,28)(H,26,29)/t13?,15-,17?/m0/s1. The molecule has 0 spiro atoms. The van der Waals surface area contributed by atoms with Gasteiger partial charge >= 0.3 is 6.18 Å². The molecule has 2 amide bonds. The number of amides is 2. The van der Waals surface area contributed by atoms with Crippen molar-refractivity contribution in [3.8, 4) is 0 Å². The highest BCUT2D eigenvalue weighted by Gasteiger charge is 2.37. The molecule has 1 aromatic rings. The first-order valence-corrected chi connectivity index (χ1v) is 9.09. The summed E-state index contributed by atoms with van der Waals surface area (Å²) in [7, 11) is 3.43. The topological polar surface area (TPSA) is 73.5 Å². The minimum Gasteiger partial charge on any atom is -0.347 e. The molecule has 1 heterocycles. The Labute approximate surface area is 167 Å². The number of benzene rings is 1. The first-order valence-electron chi connectivity index (χ1n) is 9.09. The van der Waals surface area contributed by atoms with Crippen LogP contribution in [0.3, 0.4) is 0 Å². The van der Waals surface area contributed by atoms with Crippen molar-refractivity contribution < 1.29 is 27.2 Å². The van der Waals surface area contributed by atoms with E-state index < -0.39 is 47.3 Å². The van der Waals surface area contributed by atoms with Crippen LogP contribution >= 0.6 is 0 Å². The Morgan fingerprint density at radius 3 is 2.34 bits per heavy atom. The average Bonchev–Trinajstić information content (AvgIpc) is 2.57. The lowest BCUT2D eigenvalue weighted by Crippen LogP contribution is -2.65. The third-order valence-electron chi connectivity index (χ3n) is 4.67. The lowest BCUT2D eigenvalue weighted by atomic mass is 9.81. The normalized spacial score (nSPS) is 21.7. The number of carbonyl (C=O) groups is 2. The van der Waals surface area contributed by atoms with Crippen LogP contribution in [-0.2, 0) is 15.8 Å². The minimum atomic E-state index is -4.67. The van der Waals surface area contributed by atoms with Crippen LogP contribution in [0.1, 0.15) is 44.4 Å². The largest absolute Gasteiger partial charge is 0.416 e. The predicted octanol–water partition coefficient (Wildman–Crippen LogP) is 2.37. The third-order valence-corrected chi connectivity index (χ3v) is 4.67. The summed E-state index contributed by atoms with van der Waals surface area (Å²) in [6.45, 7) is 5.20. The van der Waals surface area contributed by atoms with E-state index in [-0.39, 0.29) is 17.9 Å². The summed E-state index contributed by atoms with van der Waals surface area (Å²) in [5.41, 5.74) is -1.85. The van der Waals surface area contributed by atoms with E-state index in [1.54, 1.807) is 39.8 Å². The fourth-order valence-corrected chi connectivity index (χ4v) is 3.08. The van der Waals surface area contributed by atoms with Gasteiger partial charge in [0.05, 0.1) is 24.1 Å². The van der Waals surface area contributed by atoms with Gasteiger partial charge in [-0.05, 0) is 31.6 Å². The van der Waals surface area contributed by atoms with Gasteiger partial charge in [-0.3, -0.25) is 19.8 Å². The van der Waals surface area contributed by atoms with E-state index >= 15 is 0 Å². The van der Waals surface area contributed by atoms with E-state index in [9.17, 15) is 27.2 Å². The Morgan fingerprint density at radius 2 is 1.86 bits per heavy atom. The molecule has 3 N–H and O–H groups in total. The summed E-state index contributed by atoms with van der Waals surface area (Å²) in [5.74, 6) is -1.91. The highest BCUT2D eigenvalue weighted by molar-refractivity contribution is 5.89. The van der Waals surface area contributed by atoms with Crippen molar-refractivity contribution in [2.45, 2.75) is 51.7 Å². The van der Waals surface area contributed by atoms with Crippen molar-refractivity contribution in [3.63, 3.8) is 0 Å². The van der Waals surface area contributed by atoms with Gasteiger partial charge in [0, 0.05) is 5.56 Å². The summed E-state index contributed by atoms with van der Waals surface area (Å²) in [4.78, 5) is 26.4. The number of nitrogens with zero attached hydrogens (tertiary/aromatic N) is 1. The van der Waals surface area contributed by atoms with Crippen molar-refractivity contribution in [2.75, 3.05) is 14.1 Å². The van der Waals surface area contributed by atoms with Crippen molar-refractivity contribution in [1.82, 2.24) is 20.9 Å². The molecule has 162 valence electrons. The molecule has 0 bridgehead atoms. The molecule has 6 nitrogen and oxygen atoms in total. The zero-order valence-corrected chi connectivity index (χ0v) is 16.9. The number of rotatable bonds is 4. The van der Waals surface area contributed by atoms with E-state index in [2.05, 4.69) is 16.0 Å². The molecule has 1 aliphatic heterocycles. The van der Waals surface area contributed by atoms with Crippen LogP contribution in [0.4, 0.5) is 17.6 Å². The molecule has 29 heavy (non-hydrogen) atoms. The molecule has 1 aromatic carbocycles. The molecule has 2 unspecified atom stereocenters. The van der Waals surface area contributed by atoms with E-state index in [1.807, 2.05) is 0 Å². The number of hydrogen-bond acceptors (Lipinski definition) is 4. The number of alkyl halides is 3. The smallest absolute Gasteiger partial charge is 0.347 e. The zero-order valence-electron chi connectivity index (χ0n) is 16.9. The van der Waals surface area contributed by atoms with Crippen molar-refractivity contribution in [3.05, 3.63) is 35.1 Å². The van der Waals surface area contributed by atoms with Gasteiger partial charge < -0.3 is 10.6 Å². The maximum absolute atomic E-state index is 14.5. The molecule has 0 aromatic heterocycles. The Morgan fingerprint density at radius 1 is 1.24 bits per heavy atom. The molecule has 1 aliphatic rings. The van der Waals surface area contributed by atoms with Gasteiger partial charge in [0.15, 0.2) is 0 Å². The Kier molecular flexibility index (Phi) is 6.58. The number of carbonyl (C=O) groups excluding carboxylic acids is 2. The first kappa shape index (κ1) is 23.1. The molecule has 0 aliphatic carbocycles. The maximum atomic E-state index is 14.5.